The fraction of sp³-hybridized carbons (Fsp3) is 0.667. The Hall–Kier alpha value is -0.940. The molecule has 94 valence electrons. The lowest BCUT2D eigenvalue weighted by atomic mass is 10.1. The molecule has 0 saturated carbocycles. The molecule has 2 rings (SSSR count). The molecular formula is C12H19N3OS. The van der Waals surface area contributed by atoms with Gasteiger partial charge in [0.15, 0.2) is 0 Å². The quantitative estimate of drug-likeness (QED) is 0.853. The third-order valence-electron chi connectivity index (χ3n) is 3.17. The SMILES string of the molecule is CCc1nc(CCN2CC(CN)CC2=O)cs1. The van der Waals surface area contributed by atoms with Crippen molar-refractivity contribution in [3.8, 4) is 0 Å². The highest BCUT2D eigenvalue weighted by atomic mass is 32.1. The van der Waals surface area contributed by atoms with E-state index in [0.717, 1.165) is 31.6 Å². The number of rotatable bonds is 5. The van der Waals surface area contributed by atoms with Crippen LogP contribution in [0.15, 0.2) is 5.38 Å². The van der Waals surface area contributed by atoms with Crippen LogP contribution in [0.4, 0.5) is 0 Å². The maximum absolute atomic E-state index is 11.7. The lowest BCUT2D eigenvalue weighted by molar-refractivity contribution is -0.127. The molecule has 0 radical (unpaired) electrons. The van der Waals surface area contributed by atoms with Gasteiger partial charge >= 0.3 is 0 Å². The van der Waals surface area contributed by atoms with E-state index in [0.29, 0.717) is 18.9 Å². The summed E-state index contributed by atoms with van der Waals surface area (Å²) in [5.41, 5.74) is 6.70. The van der Waals surface area contributed by atoms with Crippen molar-refractivity contribution >= 4 is 17.2 Å². The Morgan fingerprint density at radius 2 is 2.47 bits per heavy atom. The molecule has 1 unspecified atom stereocenters. The van der Waals surface area contributed by atoms with Crippen molar-refractivity contribution in [2.24, 2.45) is 11.7 Å². The number of carbonyl (C=O) groups excluding carboxylic acids is 1. The van der Waals surface area contributed by atoms with Gasteiger partial charge in [-0.05, 0) is 18.9 Å². The molecule has 1 atom stereocenters. The van der Waals surface area contributed by atoms with Crippen LogP contribution in [-0.4, -0.2) is 35.4 Å². The third kappa shape index (κ3) is 3.04. The number of likely N-dealkylation sites (tertiary alicyclic amines) is 1. The van der Waals surface area contributed by atoms with Gasteiger partial charge in [-0.2, -0.15) is 0 Å². The molecule has 0 bridgehead atoms. The van der Waals surface area contributed by atoms with Crippen molar-refractivity contribution < 1.29 is 4.79 Å². The molecule has 1 aromatic rings. The van der Waals surface area contributed by atoms with Crippen LogP contribution in [0.1, 0.15) is 24.0 Å². The minimum Gasteiger partial charge on any atom is -0.342 e. The zero-order chi connectivity index (χ0) is 12.3. The predicted molar refractivity (Wildman–Crippen MR) is 68.9 cm³/mol. The smallest absolute Gasteiger partial charge is 0.222 e. The first-order valence-electron chi connectivity index (χ1n) is 6.14. The van der Waals surface area contributed by atoms with Gasteiger partial charge in [0.25, 0.3) is 0 Å². The van der Waals surface area contributed by atoms with E-state index in [-0.39, 0.29) is 5.91 Å². The maximum Gasteiger partial charge on any atom is 0.222 e. The summed E-state index contributed by atoms with van der Waals surface area (Å²) in [6, 6.07) is 0. The van der Waals surface area contributed by atoms with Crippen molar-refractivity contribution in [1.82, 2.24) is 9.88 Å². The van der Waals surface area contributed by atoms with Crippen LogP contribution in [0.2, 0.25) is 0 Å². The van der Waals surface area contributed by atoms with E-state index < -0.39 is 0 Å². The lowest BCUT2D eigenvalue weighted by Crippen LogP contribution is -2.28. The lowest BCUT2D eigenvalue weighted by Gasteiger charge is -2.15. The molecular weight excluding hydrogens is 234 g/mol. The van der Waals surface area contributed by atoms with Gasteiger partial charge in [0, 0.05) is 31.3 Å². The van der Waals surface area contributed by atoms with E-state index in [2.05, 4.69) is 17.3 Å². The fourth-order valence-corrected chi connectivity index (χ4v) is 2.88. The van der Waals surface area contributed by atoms with Gasteiger partial charge in [0.1, 0.15) is 0 Å². The number of nitrogens with zero attached hydrogens (tertiary/aromatic N) is 2. The van der Waals surface area contributed by atoms with Crippen LogP contribution in [0.25, 0.3) is 0 Å². The maximum atomic E-state index is 11.7. The Bertz CT molecular complexity index is 391. The Balaban J connectivity index is 1.84. The second-order valence-corrected chi connectivity index (χ2v) is 5.42. The normalized spacial score (nSPS) is 20.2. The monoisotopic (exact) mass is 253 g/mol. The largest absolute Gasteiger partial charge is 0.342 e. The van der Waals surface area contributed by atoms with E-state index in [1.54, 1.807) is 11.3 Å². The molecule has 1 aliphatic rings. The van der Waals surface area contributed by atoms with E-state index in [1.807, 2.05) is 4.90 Å². The average molecular weight is 253 g/mol. The second kappa shape index (κ2) is 5.60. The van der Waals surface area contributed by atoms with Gasteiger partial charge in [0.2, 0.25) is 5.91 Å². The van der Waals surface area contributed by atoms with Crippen molar-refractivity contribution in [3.05, 3.63) is 16.1 Å². The summed E-state index contributed by atoms with van der Waals surface area (Å²) in [6.07, 6.45) is 2.47. The standard InChI is InChI=1S/C12H19N3OS/c1-2-11-14-10(8-17-11)3-4-15-7-9(6-13)5-12(15)16/h8-9H,2-7,13H2,1H3. The second-order valence-electron chi connectivity index (χ2n) is 4.48. The van der Waals surface area contributed by atoms with E-state index >= 15 is 0 Å². The summed E-state index contributed by atoms with van der Waals surface area (Å²) in [5, 5.41) is 3.27. The molecule has 2 N–H and O–H groups in total. The van der Waals surface area contributed by atoms with Gasteiger partial charge in [-0.25, -0.2) is 4.98 Å². The van der Waals surface area contributed by atoms with Crippen molar-refractivity contribution in [1.29, 1.82) is 0 Å². The van der Waals surface area contributed by atoms with Crippen molar-refractivity contribution in [2.45, 2.75) is 26.2 Å². The van der Waals surface area contributed by atoms with Crippen LogP contribution in [0, 0.1) is 5.92 Å². The van der Waals surface area contributed by atoms with Crippen molar-refractivity contribution in [3.63, 3.8) is 0 Å². The van der Waals surface area contributed by atoms with Gasteiger partial charge in [-0.3, -0.25) is 4.79 Å². The minimum absolute atomic E-state index is 0.242. The van der Waals surface area contributed by atoms with Crippen LogP contribution in [-0.2, 0) is 17.6 Å². The number of hydrogen-bond donors (Lipinski definition) is 1. The Morgan fingerprint density at radius 3 is 3.06 bits per heavy atom. The summed E-state index contributed by atoms with van der Waals surface area (Å²) in [5.74, 6) is 0.593. The van der Waals surface area contributed by atoms with Gasteiger partial charge in [-0.15, -0.1) is 11.3 Å². The molecule has 1 saturated heterocycles. The van der Waals surface area contributed by atoms with Crippen LogP contribution in [0.3, 0.4) is 0 Å². The molecule has 0 spiro atoms. The van der Waals surface area contributed by atoms with Crippen LogP contribution < -0.4 is 5.73 Å². The Kier molecular flexibility index (Phi) is 4.12. The number of amides is 1. The molecule has 0 aromatic carbocycles. The number of aromatic nitrogens is 1. The number of hydrogen-bond acceptors (Lipinski definition) is 4. The number of thiazole rings is 1. The molecule has 5 heteroatoms. The van der Waals surface area contributed by atoms with E-state index in [9.17, 15) is 4.79 Å². The van der Waals surface area contributed by atoms with Gasteiger partial charge in [0.05, 0.1) is 10.7 Å². The highest BCUT2D eigenvalue weighted by Crippen LogP contribution is 2.17. The molecule has 1 aromatic heterocycles. The topological polar surface area (TPSA) is 59.2 Å². The van der Waals surface area contributed by atoms with E-state index in [4.69, 9.17) is 5.73 Å². The minimum atomic E-state index is 0.242. The molecule has 2 heterocycles. The van der Waals surface area contributed by atoms with Crippen LogP contribution in [0.5, 0.6) is 0 Å². The molecule has 1 aliphatic heterocycles. The number of aryl methyl sites for hydroxylation is 1. The highest BCUT2D eigenvalue weighted by molar-refractivity contribution is 7.09. The first-order valence-corrected chi connectivity index (χ1v) is 7.02. The predicted octanol–water partition coefficient (Wildman–Crippen LogP) is 1.06. The molecule has 17 heavy (non-hydrogen) atoms. The molecule has 4 nitrogen and oxygen atoms in total. The zero-order valence-electron chi connectivity index (χ0n) is 10.2. The first kappa shape index (κ1) is 12.5. The number of carbonyl (C=O) groups is 1. The van der Waals surface area contributed by atoms with Crippen LogP contribution >= 0.6 is 11.3 Å². The average Bonchev–Trinajstić information content (AvgIpc) is 2.93. The highest BCUT2D eigenvalue weighted by Gasteiger charge is 2.28. The Morgan fingerprint density at radius 1 is 1.65 bits per heavy atom. The molecule has 1 amide bonds. The molecule has 1 fully saturated rings. The summed E-state index contributed by atoms with van der Waals surface area (Å²) in [6.45, 7) is 4.32. The van der Waals surface area contributed by atoms with Gasteiger partial charge in [-0.1, -0.05) is 6.92 Å². The van der Waals surface area contributed by atoms with Crippen molar-refractivity contribution in [2.75, 3.05) is 19.6 Å². The third-order valence-corrected chi connectivity index (χ3v) is 4.21. The first-order chi connectivity index (χ1) is 8.22. The summed E-state index contributed by atoms with van der Waals surface area (Å²) < 4.78 is 0. The fourth-order valence-electron chi connectivity index (χ4n) is 2.10. The van der Waals surface area contributed by atoms with Gasteiger partial charge < -0.3 is 10.6 Å². The zero-order valence-corrected chi connectivity index (χ0v) is 11.0. The summed E-state index contributed by atoms with van der Waals surface area (Å²) >= 11 is 1.70. The number of nitrogens with two attached hydrogens (primary N) is 1. The summed E-state index contributed by atoms with van der Waals surface area (Å²) in [7, 11) is 0. The molecule has 0 aliphatic carbocycles. The van der Waals surface area contributed by atoms with E-state index in [1.165, 1.54) is 5.01 Å². The summed E-state index contributed by atoms with van der Waals surface area (Å²) in [4.78, 5) is 18.1. The Labute approximate surface area is 106 Å².